The highest BCUT2D eigenvalue weighted by Gasteiger charge is 2.28. The van der Waals surface area contributed by atoms with Crippen LogP contribution in [0.15, 0.2) is 18.2 Å². The summed E-state index contributed by atoms with van der Waals surface area (Å²) in [5.74, 6) is 1.56. The third-order valence-corrected chi connectivity index (χ3v) is 3.71. The van der Waals surface area contributed by atoms with Crippen molar-refractivity contribution in [3.05, 3.63) is 29.3 Å². The van der Waals surface area contributed by atoms with E-state index < -0.39 is 6.10 Å². The first-order valence-electron chi connectivity index (χ1n) is 6.67. The predicted octanol–water partition coefficient (Wildman–Crippen LogP) is 2.43. The lowest BCUT2D eigenvalue weighted by Crippen LogP contribution is -2.32. The summed E-state index contributed by atoms with van der Waals surface area (Å²) in [7, 11) is 1.64. The molecule has 2 atom stereocenters. The van der Waals surface area contributed by atoms with Crippen molar-refractivity contribution >= 4 is 0 Å². The quantitative estimate of drug-likeness (QED) is 0.813. The van der Waals surface area contributed by atoms with Gasteiger partial charge in [-0.1, -0.05) is 11.6 Å². The predicted molar refractivity (Wildman–Crippen MR) is 72.9 cm³/mol. The molecule has 0 bridgehead atoms. The van der Waals surface area contributed by atoms with Gasteiger partial charge in [-0.15, -0.1) is 0 Å². The lowest BCUT2D eigenvalue weighted by Gasteiger charge is -2.19. The topological polar surface area (TPSA) is 41.5 Å². The van der Waals surface area contributed by atoms with Gasteiger partial charge in [0.1, 0.15) is 5.75 Å². The summed E-state index contributed by atoms with van der Waals surface area (Å²) in [5.41, 5.74) is 2.01. The fourth-order valence-electron chi connectivity index (χ4n) is 2.28. The molecule has 2 unspecified atom stereocenters. The van der Waals surface area contributed by atoms with E-state index in [-0.39, 0.29) is 0 Å². The Bertz CT molecular complexity index is 401. The highest BCUT2D eigenvalue weighted by molar-refractivity contribution is 5.38. The zero-order valence-electron chi connectivity index (χ0n) is 11.4. The van der Waals surface area contributed by atoms with Crippen LogP contribution in [0.3, 0.4) is 0 Å². The summed E-state index contributed by atoms with van der Waals surface area (Å²) in [5, 5.41) is 13.7. The van der Waals surface area contributed by atoms with Crippen LogP contribution in [0.5, 0.6) is 5.75 Å². The number of nitrogens with one attached hydrogen (secondary N) is 1. The van der Waals surface area contributed by atoms with Crippen molar-refractivity contribution in [3.63, 3.8) is 0 Å². The van der Waals surface area contributed by atoms with Crippen molar-refractivity contribution in [2.24, 2.45) is 5.92 Å². The minimum atomic E-state index is -0.513. The van der Waals surface area contributed by atoms with E-state index in [1.807, 2.05) is 25.1 Å². The Morgan fingerprint density at radius 2 is 2.17 bits per heavy atom. The Hall–Kier alpha value is -1.06. The average molecular weight is 249 g/mol. The SMILES string of the molecule is COc1ccc(C)cc1C(O)CNC(C)C1CC1. The van der Waals surface area contributed by atoms with Gasteiger partial charge in [0.05, 0.1) is 13.2 Å². The van der Waals surface area contributed by atoms with Gasteiger partial charge in [-0.3, -0.25) is 0 Å². The van der Waals surface area contributed by atoms with Gasteiger partial charge in [-0.25, -0.2) is 0 Å². The molecule has 2 rings (SSSR count). The van der Waals surface area contributed by atoms with E-state index >= 15 is 0 Å². The van der Waals surface area contributed by atoms with Gasteiger partial charge in [0.15, 0.2) is 0 Å². The monoisotopic (exact) mass is 249 g/mol. The van der Waals surface area contributed by atoms with Crippen molar-refractivity contribution < 1.29 is 9.84 Å². The fourth-order valence-corrected chi connectivity index (χ4v) is 2.28. The van der Waals surface area contributed by atoms with Crippen molar-refractivity contribution in [1.29, 1.82) is 0 Å². The Labute approximate surface area is 109 Å². The van der Waals surface area contributed by atoms with Gasteiger partial charge >= 0.3 is 0 Å². The fraction of sp³-hybridized carbons (Fsp3) is 0.600. The van der Waals surface area contributed by atoms with Gasteiger partial charge < -0.3 is 15.2 Å². The summed E-state index contributed by atoms with van der Waals surface area (Å²) < 4.78 is 5.30. The van der Waals surface area contributed by atoms with E-state index in [0.717, 1.165) is 22.8 Å². The first kappa shape index (κ1) is 13.4. The highest BCUT2D eigenvalue weighted by atomic mass is 16.5. The first-order chi connectivity index (χ1) is 8.61. The Morgan fingerprint density at radius 1 is 1.44 bits per heavy atom. The number of rotatable bonds is 6. The van der Waals surface area contributed by atoms with Gasteiger partial charge in [0, 0.05) is 18.2 Å². The van der Waals surface area contributed by atoms with E-state index in [9.17, 15) is 5.11 Å². The molecule has 0 heterocycles. The van der Waals surface area contributed by atoms with Crippen LogP contribution in [0.2, 0.25) is 0 Å². The van der Waals surface area contributed by atoms with Crippen LogP contribution in [0.1, 0.15) is 37.0 Å². The molecule has 100 valence electrons. The molecule has 1 aromatic rings. The number of aliphatic hydroxyl groups is 1. The first-order valence-corrected chi connectivity index (χ1v) is 6.67. The van der Waals surface area contributed by atoms with Crippen LogP contribution >= 0.6 is 0 Å². The molecular formula is C15H23NO2. The van der Waals surface area contributed by atoms with Crippen LogP contribution in [0, 0.1) is 12.8 Å². The molecule has 0 aliphatic heterocycles. The minimum Gasteiger partial charge on any atom is -0.496 e. The summed E-state index contributed by atoms with van der Waals surface area (Å²) in [6, 6.07) is 6.40. The lowest BCUT2D eigenvalue weighted by atomic mass is 10.0. The maximum Gasteiger partial charge on any atom is 0.124 e. The smallest absolute Gasteiger partial charge is 0.124 e. The van der Waals surface area contributed by atoms with Crippen LogP contribution in [-0.4, -0.2) is 24.8 Å². The second-order valence-electron chi connectivity index (χ2n) is 5.30. The number of methoxy groups -OCH3 is 1. The van der Waals surface area contributed by atoms with E-state index in [2.05, 4.69) is 12.2 Å². The third kappa shape index (κ3) is 3.24. The maximum absolute atomic E-state index is 10.3. The van der Waals surface area contributed by atoms with Crippen LogP contribution < -0.4 is 10.1 Å². The number of hydrogen-bond acceptors (Lipinski definition) is 3. The molecular weight excluding hydrogens is 226 g/mol. The summed E-state index contributed by atoms with van der Waals surface area (Å²) in [6.45, 7) is 4.80. The largest absolute Gasteiger partial charge is 0.496 e. The number of ether oxygens (including phenoxy) is 1. The second kappa shape index (κ2) is 5.72. The van der Waals surface area contributed by atoms with Gasteiger partial charge in [0.25, 0.3) is 0 Å². The van der Waals surface area contributed by atoms with Gasteiger partial charge in [-0.2, -0.15) is 0 Å². The molecule has 0 aromatic heterocycles. The van der Waals surface area contributed by atoms with E-state index in [4.69, 9.17) is 4.74 Å². The summed E-state index contributed by atoms with van der Waals surface area (Å²) in [4.78, 5) is 0. The van der Waals surface area contributed by atoms with Crippen LogP contribution in [0.4, 0.5) is 0 Å². The minimum absolute atomic E-state index is 0.496. The molecule has 0 spiro atoms. The Balaban J connectivity index is 1.98. The number of aryl methyl sites for hydroxylation is 1. The normalized spacial score (nSPS) is 18.4. The molecule has 0 saturated heterocycles. The van der Waals surface area contributed by atoms with Crippen molar-refractivity contribution in [1.82, 2.24) is 5.32 Å². The van der Waals surface area contributed by atoms with E-state index in [0.29, 0.717) is 12.6 Å². The van der Waals surface area contributed by atoms with Crippen LogP contribution in [-0.2, 0) is 0 Å². The van der Waals surface area contributed by atoms with E-state index in [1.165, 1.54) is 12.8 Å². The number of benzene rings is 1. The molecule has 1 aromatic carbocycles. The summed E-state index contributed by atoms with van der Waals surface area (Å²) >= 11 is 0. The van der Waals surface area contributed by atoms with Crippen molar-refractivity contribution in [3.8, 4) is 5.75 Å². The molecule has 0 amide bonds. The average Bonchev–Trinajstić information content (AvgIpc) is 3.19. The number of aliphatic hydroxyl groups excluding tert-OH is 1. The summed E-state index contributed by atoms with van der Waals surface area (Å²) in [6.07, 6.45) is 2.12. The highest BCUT2D eigenvalue weighted by Crippen LogP contribution is 2.32. The maximum atomic E-state index is 10.3. The molecule has 2 N–H and O–H groups in total. The zero-order valence-corrected chi connectivity index (χ0v) is 11.4. The van der Waals surface area contributed by atoms with Crippen molar-refractivity contribution in [2.75, 3.05) is 13.7 Å². The molecule has 1 aliphatic rings. The second-order valence-corrected chi connectivity index (χ2v) is 5.30. The van der Waals surface area contributed by atoms with Gasteiger partial charge in [-0.05, 0) is 44.7 Å². The van der Waals surface area contributed by atoms with Crippen LogP contribution in [0.25, 0.3) is 0 Å². The molecule has 1 saturated carbocycles. The third-order valence-electron chi connectivity index (χ3n) is 3.71. The Morgan fingerprint density at radius 3 is 2.78 bits per heavy atom. The van der Waals surface area contributed by atoms with Crippen molar-refractivity contribution in [2.45, 2.75) is 38.8 Å². The lowest BCUT2D eigenvalue weighted by molar-refractivity contribution is 0.165. The van der Waals surface area contributed by atoms with Gasteiger partial charge in [0.2, 0.25) is 0 Å². The molecule has 1 fully saturated rings. The molecule has 1 aliphatic carbocycles. The van der Waals surface area contributed by atoms with E-state index in [1.54, 1.807) is 7.11 Å². The molecule has 0 radical (unpaired) electrons. The standard InChI is InChI=1S/C15H23NO2/c1-10-4-7-15(18-3)13(8-10)14(17)9-16-11(2)12-5-6-12/h4,7-8,11-12,14,16-17H,5-6,9H2,1-3H3. The zero-order chi connectivity index (χ0) is 13.1. The molecule has 18 heavy (non-hydrogen) atoms. The molecule has 3 heteroatoms. The Kier molecular flexibility index (Phi) is 4.25. The number of hydrogen-bond donors (Lipinski definition) is 2. The molecule has 3 nitrogen and oxygen atoms in total.